The molecule has 0 amide bonds. The van der Waals surface area contributed by atoms with Crippen molar-refractivity contribution in [3.63, 3.8) is 0 Å². The smallest absolute Gasteiger partial charge is 0.0253 e. The molecule has 0 fully saturated rings. The van der Waals surface area contributed by atoms with Gasteiger partial charge in [-0.05, 0) is 6.42 Å². The molecule has 0 atom stereocenters. The second-order valence-electron chi connectivity index (χ2n) is 10.4. The minimum absolute atomic E-state index is 0. The average molecular weight is 629 g/mol. The number of fused-ring (bicyclic) bond motifs is 3. The van der Waals surface area contributed by atoms with Crippen molar-refractivity contribution in [1.29, 1.82) is 0 Å². The van der Waals surface area contributed by atoms with Crippen molar-refractivity contribution >= 4 is 3.21 Å². The van der Waals surface area contributed by atoms with Gasteiger partial charge in [-0.25, -0.2) is 12.1 Å². The molecule has 0 aromatic heterocycles. The van der Waals surface area contributed by atoms with E-state index in [-0.39, 0.29) is 24.8 Å². The molecule has 0 radical (unpaired) electrons. The molecule has 0 heterocycles. The van der Waals surface area contributed by atoms with E-state index in [1.54, 1.807) is 0 Å². The maximum absolute atomic E-state index is 3.30. The minimum Gasteiger partial charge on any atom is -0.179 e. The van der Waals surface area contributed by atoms with Gasteiger partial charge in [0.2, 0.25) is 0 Å². The van der Waals surface area contributed by atoms with Crippen molar-refractivity contribution in [2.24, 2.45) is 0 Å². The van der Waals surface area contributed by atoms with Gasteiger partial charge in [-0.1, -0.05) is 68.5 Å². The topological polar surface area (TPSA) is 0 Å². The van der Waals surface area contributed by atoms with Gasteiger partial charge in [0, 0.05) is 0 Å². The molecule has 0 unspecified atom stereocenters. The predicted octanol–water partition coefficient (Wildman–Crippen LogP) is 2.88. The Balaban J connectivity index is 0.000000203. The van der Waals surface area contributed by atoms with Gasteiger partial charge in [0.25, 0.3) is 0 Å². The number of rotatable bonds is 2. The maximum Gasteiger partial charge on any atom is -0.0253 e. The maximum atomic E-state index is 3.30. The zero-order valence-corrected chi connectivity index (χ0v) is 27.0. The van der Waals surface area contributed by atoms with Crippen LogP contribution in [0.3, 0.4) is 0 Å². The Morgan fingerprint density at radius 3 is 1.74 bits per heavy atom. The summed E-state index contributed by atoms with van der Waals surface area (Å²) < 4.78 is 1.42. The molecule has 5 aromatic carbocycles. The quantitative estimate of drug-likeness (QED) is 0.259. The van der Waals surface area contributed by atoms with Crippen molar-refractivity contribution in [2.75, 3.05) is 0 Å². The van der Waals surface area contributed by atoms with Gasteiger partial charge in [0.15, 0.2) is 0 Å². The zero-order valence-electron chi connectivity index (χ0n) is 23.0. The Morgan fingerprint density at radius 2 is 1.23 bits per heavy atom. The van der Waals surface area contributed by atoms with E-state index in [4.69, 9.17) is 0 Å². The molecule has 0 saturated carbocycles. The van der Waals surface area contributed by atoms with Gasteiger partial charge in [0.1, 0.15) is 0 Å². The monoisotopic (exact) mass is 626 g/mol. The number of benzene rings is 4. The van der Waals surface area contributed by atoms with Gasteiger partial charge >= 0.3 is 99.2 Å². The van der Waals surface area contributed by atoms with E-state index < -0.39 is 0 Å². The van der Waals surface area contributed by atoms with Gasteiger partial charge in [-0.2, -0.15) is 41.5 Å². The Hall–Kier alpha value is -2.44. The molecule has 6 rings (SSSR count). The Bertz CT molecular complexity index is 1360. The molecular weight excluding hydrogens is 595 g/mol. The second-order valence-corrected chi connectivity index (χ2v) is 11.6. The van der Waals surface area contributed by atoms with E-state index in [2.05, 4.69) is 149 Å². The molecule has 0 nitrogen and oxygen atoms in total. The Kier molecular flexibility index (Phi) is 12.9. The van der Waals surface area contributed by atoms with Crippen molar-refractivity contribution in [2.45, 2.75) is 39.5 Å². The normalized spacial score (nSPS) is 10.7. The molecule has 0 N–H and O–H groups in total. The minimum atomic E-state index is 0. The van der Waals surface area contributed by atoms with Crippen molar-refractivity contribution in [3.05, 3.63) is 161 Å². The molecule has 0 saturated heterocycles. The zero-order chi connectivity index (χ0) is 26.3. The average Bonchev–Trinajstić information content (AvgIpc) is 3.53. The number of aryl methyl sites for hydroxylation is 1. The van der Waals surface area contributed by atoms with Crippen molar-refractivity contribution in [3.8, 4) is 11.1 Å². The van der Waals surface area contributed by atoms with Crippen LogP contribution in [0.4, 0.5) is 0 Å². The van der Waals surface area contributed by atoms with Crippen LogP contribution in [0, 0.1) is 13.0 Å². The fourth-order valence-corrected chi connectivity index (χ4v) is 5.54. The third kappa shape index (κ3) is 8.78. The molecule has 0 bridgehead atoms. The SMILES string of the molecule is Cc1ccc[c-]1C(C)(C)C.[Cl-].[Cl-].[Zr+2]=[C](c1ccccc1)c1ccccc1.[c-]1cccc2c1Cc1ccccc1-2. The van der Waals surface area contributed by atoms with Crippen LogP contribution in [0.25, 0.3) is 11.1 Å². The molecule has 0 aliphatic heterocycles. The van der Waals surface area contributed by atoms with E-state index in [9.17, 15) is 0 Å². The van der Waals surface area contributed by atoms with E-state index in [0.717, 1.165) is 6.42 Å². The van der Waals surface area contributed by atoms with Crippen molar-refractivity contribution < 1.29 is 49.0 Å². The summed E-state index contributed by atoms with van der Waals surface area (Å²) in [4.78, 5) is 0. The summed E-state index contributed by atoms with van der Waals surface area (Å²) in [7, 11) is 0. The Morgan fingerprint density at radius 1 is 0.692 bits per heavy atom. The molecule has 5 aromatic rings. The largest absolute Gasteiger partial charge is 0.179 e. The first-order valence-electron chi connectivity index (χ1n) is 12.8. The first kappa shape index (κ1) is 32.8. The van der Waals surface area contributed by atoms with Crippen LogP contribution in [0.5, 0.6) is 0 Å². The van der Waals surface area contributed by atoms with Crippen LogP contribution < -0.4 is 24.8 Å². The van der Waals surface area contributed by atoms with Crippen LogP contribution in [-0.2, 0) is 36.1 Å². The molecule has 0 spiro atoms. The summed E-state index contributed by atoms with van der Waals surface area (Å²) in [5, 5.41) is 0. The summed E-state index contributed by atoms with van der Waals surface area (Å²) in [6.07, 6.45) is 1.05. The van der Waals surface area contributed by atoms with Crippen LogP contribution in [0.2, 0.25) is 0 Å². The number of hydrogen-bond donors (Lipinski definition) is 0. The third-order valence-electron chi connectivity index (χ3n) is 6.58. The van der Waals surface area contributed by atoms with E-state index in [0.29, 0.717) is 5.41 Å². The van der Waals surface area contributed by atoms with E-state index in [1.807, 2.05) is 6.07 Å². The standard InChI is InChI=1S/C13H9.C13H10.C10H15.2ClH.Zr/c1-3-7-12-10(5-1)9-11-6-2-4-8-13(11)12;1-3-7-12(8-4-1)11-13-9-5-2-6-10-13;1-8-6-5-7-9(8)10(2,3)4;;;/h1-5,7-8H,9H2;1-10H;5-7H,1-4H3;2*1H;/q-1;;-1;;;+2/p-2. The fourth-order valence-electron chi connectivity index (χ4n) is 4.73. The number of hydrogen-bond acceptors (Lipinski definition) is 0. The van der Waals surface area contributed by atoms with Crippen LogP contribution in [0.1, 0.15) is 54.2 Å². The van der Waals surface area contributed by atoms with Crippen LogP contribution in [0.15, 0.2) is 121 Å². The molecule has 198 valence electrons. The summed E-state index contributed by atoms with van der Waals surface area (Å²) >= 11 is 1.46. The van der Waals surface area contributed by atoms with Gasteiger partial charge in [-0.15, -0.1) is 11.1 Å². The molecule has 39 heavy (non-hydrogen) atoms. The van der Waals surface area contributed by atoms with Crippen molar-refractivity contribution in [1.82, 2.24) is 0 Å². The van der Waals surface area contributed by atoms with Gasteiger partial charge in [0.05, 0.1) is 0 Å². The number of halogens is 2. The molecule has 3 heteroatoms. The Labute approximate surface area is 262 Å². The first-order chi connectivity index (χ1) is 17.8. The van der Waals surface area contributed by atoms with Crippen LogP contribution in [-0.4, -0.2) is 3.21 Å². The summed E-state index contributed by atoms with van der Waals surface area (Å²) in [6.45, 7) is 8.90. The third-order valence-corrected chi connectivity index (χ3v) is 8.00. The molecule has 1 aliphatic rings. The van der Waals surface area contributed by atoms with Gasteiger partial charge in [-0.3, -0.25) is 0 Å². The predicted molar refractivity (Wildman–Crippen MR) is 155 cm³/mol. The summed E-state index contributed by atoms with van der Waals surface area (Å²) in [5.41, 5.74) is 11.4. The molecular formula is C36H34Cl2Zr-2. The van der Waals surface area contributed by atoms with Crippen LogP contribution >= 0.6 is 0 Å². The van der Waals surface area contributed by atoms with E-state index in [1.165, 1.54) is 71.9 Å². The summed E-state index contributed by atoms with van der Waals surface area (Å²) in [5.74, 6) is 0. The summed E-state index contributed by atoms with van der Waals surface area (Å²) in [6, 6.07) is 45.7. The first-order valence-corrected chi connectivity index (χ1v) is 14.1. The van der Waals surface area contributed by atoms with Gasteiger partial charge < -0.3 is 24.8 Å². The van der Waals surface area contributed by atoms with E-state index >= 15 is 0 Å². The molecule has 1 aliphatic carbocycles. The second kappa shape index (κ2) is 15.4. The fraction of sp³-hybridized carbons (Fsp3) is 0.167.